The molecule has 1 aliphatic carbocycles. The molecule has 2 aromatic carbocycles. The fourth-order valence-corrected chi connectivity index (χ4v) is 5.00. The number of rotatable bonds is 7. The summed E-state index contributed by atoms with van der Waals surface area (Å²) in [5, 5.41) is 13.3. The van der Waals surface area contributed by atoms with E-state index in [1.54, 1.807) is 7.11 Å². The third-order valence-corrected chi connectivity index (χ3v) is 6.51. The van der Waals surface area contributed by atoms with Gasteiger partial charge in [0.2, 0.25) is 5.91 Å². The van der Waals surface area contributed by atoms with Crippen molar-refractivity contribution in [3.8, 4) is 11.5 Å². The Morgan fingerprint density at radius 2 is 1.87 bits per heavy atom. The van der Waals surface area contributed by atoms with Gasteiger partial charge in [-0.3, -0.25) is 9.69 Å². The molecule has 166 valence electrons. The van der Waals surface area contributed by atoms with Gasteiger partial charge in [-0.1, -0.05) is 36.4 Å². The lowest BCUT2D eigenvalue weighted by atomic mass is 9.77. The third kappa shape index (κ3) is 5.38. The van der Waals surface area contributed by atoms with Gasteiger partial charge in [0.05, 0.1) is 19.3 Å². The quantitative estimate of drug-likeness (QED) is 0.715. The maximum Gasteiger partial charge on any atom is 0.217 e. The van der Waals surface area contributed by atoms with Crippen molar-refractivity contribution in [1.82, 2.24) is 10.2 Å². The molecule has 0 spiro atoms. The summed E-state index contributed by atoms with van der Waals surface area (Å²) in [6.07, 6.45) is 1.13. The summed E-state index contributed by atoms with van der Waals surface area (Å²) in [6, 6.07) is 16.0. The van der Waals surface area contributed by atoms with Crippen LogP contribution in [0.2, 0.25) is 0 Å². The number of nitrogens with one attached hydrogen (secondary N) is 1. The molecular formula is C25H32N2O4. The SMILES string of the molecule is COc1cc(OCc2ccccc2)ccc1CN1C[C@H]2C[C@@H](NC(C)=O)[C@H](O)C[C@H]2C1. The minimum Gasteiger partial charge on any atom is -0.496 e. The number of carbonyl (C=O) groups is 1. The standard InChI is InChI=1S/C25H32N2O4/c1-17(28)26-23-10-20-14-27(15-21(20)11-24(23)29)13-19-8-9-22(12-25(19)30-2)31-16-18-6-4-3-5-7-18/h3-9,12,20-21,23-24,29H,10-11,13-16H2,1-2H3,(H,26,28)/t20-,21+,23-,24-/m1/s1. The predicted molar refractivity (Wildman–Crippen MR) is 119 cm³/mol. The Balaban J connectivity index is 1.36. The Morgan fingerprint density at radius 3 is 2.58 bits per heavy atom. The Morgan fingerprint density at radius 1 is 1.13 bits per heavy atom. The summed E-state index contributed by atoms with van der Waals surface area (Å²) in [5.74, 6) is 2.52. The van der Waals surface area contributed by atoms with Crippen LogP contribution in [0.3, 0.4) is 0 Å². The highest BCUT2D eigenvalue weighted by atomic mass is 16.5. The monoisotopic (exact) mass is 424 g/mol. The molecule has 2 aliphatic rings. The number of nitrogens with zero attached hydrogens (tertiary/aromatic N) is 1. The first-order valence-electron chi connectivity index (χ1n) is 11.0. The van der Waals surface area contributed by atoms with Crippen LogP contribution in [-0.2, 0) is 17.9 Å². The minimum absolute atomic E-state index is 0.0725. The molecule has 1 saturated heterocycles. The van der Waals surface area contributed by atoms with E-state index in [0.29, 0.717) is 18.4 Å². The normalized spacial score (nSPS) is 25.6. The van der Waals surface area contributed by atoms with E-state index in [-0.39, 0.29) is 11.9 Å². The van der Waals surface area contributed by atoms with Crippen LogP contribution < -0.4 is 14.8 Å². The van der Waals surface area contributed by atoms with Crippen LogP contribution in [-0.4, -0.2) is 48.3 Å². The van der Waals surface area contributed by atoms with Crippen LogP contribution in [0, 0.1) is 11.8 Å². The number of methoxy groups -OCH3 is 1. The zero-order valence-corrected chi connectivity index (χ0v) is 18.3. The number of ether oxygens (including phenoxy) is 2. The second-order valence-electron chi connectivity index (χ2n) is 8.81. The van der Waals surface area contributed by atoms with Gasteiger partial charge in [-0.2, -0.15) is 0 Å². The van der Waals surface area contributed by atoms with E-state index < -0.39 is 6.10 Å². The van der Waals surface area contributed by atoms with Crippen molar-refractivity contribution in [2.75, 3.05) is 20.2 Å². The summed E-state index contributed by atoms with van der Waals surface area (Å²) in [5.41, 5.74) is 2.26. The van der Waals surface area contributed by atoms with Gasteiger partial charge >= 0.3 is 0 Å². The van der Waals surface area contributed by atoms with E-state index in [2.05, 4.69) is 16.3 Å². The van der Waals surface area contributed by atoms with Crippen molar-refractivity contribution in [2.45, 2.75) is 45.1 Å². The predicted octanol–water partition coefficient (Wildman–Crippen LogP) is 2.98. The number of carbonyl (C=O) groups excluding carboxylic acids is 1. The lowest BCUT2D eigenvalue weighted by molar-refractivity contribution is -0.121. The molecule has 1 heterocycles. The smallest absolute Gasteiger partial charge is 0.217 e. The van der Waals surface area contributed by atoms with Crippen LogP contribution in [0.4, 0.5) is 0 Å². The molecule has 4 atom stereocenters. The molecule has 0 unspecified atom stereocenters. The summed E-state index contributed by atoms with van der Waals surface area (Å²) in [6.45, 7) is 4.78. The number of fused-ring (bicyclic) bond motifs is 1. The van der Waals surface area contributed by atoms with E-state index in [0.717, 1.165) is 55.1 Å². The number of aliphatic hydroxyl groups excluding tert-OH is 1. The highest BCUT2D eigenvalue weighted by Crippen LogP contribution is 2.38. The Hall–Kier alpha value is -2.57. The van der Waals surface area contributed by atoms with Gasteiger partial charge in [-0.15, -0.1) is 0 Å². The van der Waals surface area contributed by atoms with E-state index in [9.17, 15) is 9.90 Å². The molecule has 6 heteroatoms. The van der Waals surface area contributed by atoms with Crippen molar-refractivity contribution in [3.05, 3.63) is 59.7 Å². The fourth-order valence-electron chi connectivity index (χ4n) is 5.00. The van der Waals surface area contributed by atoms with Gasteiger partial charge in [-0.05, 0) is 36.3 Å². The number of hydrogen-bond acceptors (Lipinski definition) is 5. The molecule has 4 rings (SSSR count). The number of aliphatic hydroxyl groups is 1. The Kier molecular flexibility index (Phi) is 6.78. The summed E-state index contributed by atoms with van der Waals surface area (Å²) in [4.78, 5) is 13.9. The molecule has 2 N–H and O–H groups in total. The zero-order valence-electron chi connectivity index (χ0n) is 18.3. The Bertz CT molecular complexity index is 888. The van der Waals surface area contributed by atoms with E-state index in [4.69, 9.17) is 9.47 Å². The lowest BCUT2D eigenvalue weighted by Gasteiger charge is -2.35. The lowest BCUT2D eigenvalue weighted by Crippen LogP contribution is -2.48. The number of benzene rings is 2. The molecule has 2 aromatic rings. The highest BCUT2D eigenvalue weighted by Gasteiger charge is 2.41. The summed E-state index contributed by atoms with van der Waals surface area (Å²) in [7, 11) is 1.69. The van der Waals surface area contributed by atoms with Gasteiger partial charge < -0.3 is 19.9 Å². The molecule has 0 aromatic heterocycles. The molecule has 1 amide bonds. The van der Waals surface area contributed by atoms with Crippen molar-refractivity contribution in [2.24, 2.45) is 11.8 Å². The number of amides is 1. The van der Waals surface area contributed by atoms with Crippen LogP contribution in [0.5, 0.6) is 11.5 Å². The van der Waals surface area contributed by atoms with Crippen molar-refractivity contribution in [1.29, 1.82) is 0 Å². The first-order valence-corrected chi connectivity index (χ1v) is 11.0. The zero-order chi connectivity index (χ0) is 21.8. The molecule has 6 nitrogen and oxygen atoms in total. The van der Waals surface area contributed by atoms with Gasteiger partial charge in [0.25, 0.3) is 0 Å². The second-order valence-corrected chi connectivity index (χ2v) is 8.81. The molecular weight excluding hydrogens is 392 g/mol. The van der Waals surface area contributed by atoms with E-state index in [1.807, 2.05) is 42.5 Å². The first kappa shape index (κ1) is 21.7. The van der Waals surface area contributed by atoms with Crippen molar-refractivity contribution >= 4 is 5.91 Å². The maximum absolute atomic E-state index is 11.4. The Labute approximate surface area is 184 Å². The third-order valence-electron chi connectivity index (χ3n) is 6.51. The van der Waals surface area contributed by atoms with E-state index >= 15 is 0 Å². The molecule has 2 fully saturated rings. The molecule has 0 radical (unpaired) electrons. The van der Waals surface area contributed by atoms with Gasteiger partial charge in [-0.25, -0.2) is 0 Å². The molecule has 1 aliphatic heterocycles. The van der Waals surface area contributed by atoms with Crippen molar-refractivity contribution in [3.63, 3.8) is 0 Å². The average Bonchev–Trinajstić information content (AvgIpc) is 3.14. The molecule has 31 heavy (non-hydrogen) atoms. The van der Waals surface area contributed by atoms with Crippen LogP contribution in [0.1, 0.15) is 30.9 Å². The molecule has 1 saturated carbocycles. The average molecular weight is 425 g/mol. The van der Waals surface area contributed by atoms with Crippen LogP contribution in [0.15, 0.2) is 48.5 Å². The molecule has 0 bridgehead atoms. The number of likely N-dealkylation sites (tertiary alicyclic amines) is 1. The minimum atomic E-state index is -0.458. The second kappa shape index (κ2) is 9.71. The van der Waals surface area contributed by atoms with E-state index in [1.165, 1.54) is 6.92 Å². The van der Waals surface area contributed by atoms with Gasteiger partial charge in [0.1, 0.15) is 18.1 Å². The fraction of sp³-hybridized carbons (Fsp3) is 0.480. The summed E-state index contributed by atoms with van der Waals surface area (Å²) < 4.78 is 11.6. The highest BCUT2D eigenvalue weighted by molar-refractivity contribution is 5.73. The topological polar surface area (TPSA) is 71.0 Å². The van der Waals surface area contributed by atoms with Crippen molar-refractivity contribution < 1.29 is 19.4 Å². The maximum atomic E-state index is 11.4. The summed E-state index contributed by atoms with van der Waals surface area (Å²) >= 11 is 0. The first-order chi connectivity index (χ1) is 15.0. The van der Waals surface area contributed by atoms with Crippen LogP contribution >= 0.6 is 0 Å². The largest absolute Gasteiger partial charge is 0.496 e. The van der Waals surface area contributed by atoms with Gasteiger partial charge in [0, 0.05) is 38.2 Å². The van der Waals surface area contributed by atoms with Gasteiger partial charge in [0.15, 0.2) is 0 Å². The number of hydrogen-bond donors (Lipinski definition) is 2. The van der Waals surface area contributed by atoms with Crippen LogP contribution in [0.25, 0.3) is 0 Å².